The molecule has 134 heavy (non-hydrogen) atoms. The summed E-state index contributed by atoms with van der Waals surface area (Å²) in [5, 5.41) is 21.6. The Morgan fingerprint density at radius 3 is 1.06 bits per heavy atom. The fraction of sp³-hybridized carbons (Fsp3) is 0.299. The lowest BCUT2D eigenvalue weighted by atomic mass is 10.0. The Morgan fingerprint density at radius 1 is 0.336 bits per heavy atom. The maximum Gasteiger partial charge on any atom is 0.229 e. The second kappa shape index (κ2) is 41.9. The first-order chi connectivity index (χ1) is 66.0. The topological polar surface area (TPSA) is 315 Å². The summed E-state index contributed by atoms with van der Waals surface area (Å²) in [7, 11) is 8.92. The molecule has 15 aromatic rings. The van der Waals surface area contributed by atoms with Crippen LogP contribution in [0.2, 0.25) is 5.02 Å². The van der Waals surface area contributed by atoms with E-state index in [0.717, 1.165) is 99.3 Å². The monoisotopic (exact) mass is 1840 g/mol. The molecular formula is C107H109ClFN7O18. The molecular weight excluding hydrogens is 1730 g/mol. The number of fused-ring (bicyclic) bond motifs is 5. The summed E-state index contributed by atoms with van der Waals surface area (Å²) in [6, 6.07) is 54.0. The number of benzene rings is 10. The Balaban J connectivity index is 0.000000123. The van der Waals surface area contributed by atoms with E-state index in [9.17, 15) is 38.6 Å². The van der Waals surface area contributed by atoms with E-state index in [2.05, 4.69) is 36.6 Å². The van der Waals surface area contributed by atoms with E-state index >= 15 is 0 Å². The van der Waals surface area contributed by atoms with E-state index in [1.165, 1.54) is 155 Å². The molecule has 0 radical (unpaired) electrons. The summed E-state index contributed by atoms with van der Waals surface area (Å²) in [6.45, 7) is 12.4. The summed E-state index contributed by atoms with van der Waals surface area (Å²) < 4.78 is 92.5. The molecule has 694 valence electrons. The van der Waals surface area contributed by atoms with Crippen LogP contribution < -0.4 is 91.5 Å². The number of aromatic hydroxyl groups is 2. The van der Waals surface area contributed by atoms with Crippen molar-refractivity contribution in [2.24, 2.45) is 0 Å². The van der Waals surface area contributed by atoms with Gasteiger partial charge >= 0.3 is 0 Å². The minimum absolute atomic E-state index is 0.00999. The summed E-state index contributed by atoms with van der Waals surface area (Å²) in [5.41, 5.74) is 21.1. The van der Waals surface area contributed by atoms with Gasteiger partial charge in [-0.25, -0.2) is 0 Å². The van der Waals surface area contributed by atoms with Crippen LogP contribution >= 0.6 is 11.6 Å². The highest BCUT2D eigenvalue weighted by atomic mass is 35.5. The molecule has 10 heterocycles. The van der Waals surface area contributed by atoms with E-state index < -0.39 is 22.1 Å². The normalized spacial score (nSPS) is 14.7. The number of methoxy groups -OCH3 is 6. The van der Waals surface area contributed by atoms with Gasteiger partial charge in [-0.3, -0.25) is 24.0 Å². The van der Waals surface area contributed by atoms with Gasteiger partial charge in [0.15, 0.2) is 78.7 Å². The molecule has 0 unspecified atom stereocenters. The average Bonchev–Trinajstić information content (AvgIpc) is 0.744. The van der Waals surface area contributed by atoms with Crippen molar-refractivity contribution in [3.8, 4) is 103 Å². The number of phenols is 2. The largest absolute Gasteiger partial charge is 0.504 e. The van der Waals surface area contributed by atoms with Crippen LogP contribution in [0.15, 0.2) is 240 Å². The lowest BCUT2D eigenvalue weighted by Gasteiger charge is -2.28. The molecule has 6 N–H and O–H groups in total. The second-order valence-electron chi connectivity index (χ2n) is 33.6. The maximum absolute atomic E-state index is 14.7. The lowest BCUT2D eigenvalue weighted by Crippen LogP contribution is -2.29. The zero-order valence-corrected chi connectivity index (χ0v) is 76.8. The zero-order valence-electron chi connectivity index (χ0n) is 78.1. The third-order valence-electron chi connectivity index (χ3n) is 25.3. The summed E-state index contributed by atoms with van der Waals surface area (Å²) in [5.74, 6) is 1.73. The van der Waals surface area contributed by atoms with Gasteiger partial charge in [-0.1, -0.05) is 11.6 Å². The molecule has 20 rings (SSSR count). The number of rotatable bonds is 16. The number of nitrogen functional groups attached to an aromatic ring is 2. The van der Waals surface area contributed by atoms with Crippen molar-refractivity contribution in [1.82, 2.24) is 0 Å². The predicted octanol–water partition coefficient (Wildman–Crippen LogP) is 22.0. The summed E-state index contributed by atoms with van der Waals surface area (Å²) in [4.78, 5) is 75.1. The molecule has 25 nitrogen and oxygen atoms in total. The van der Waals surface area contributed by atoms with Crippen LogP contribution in [0.4, 0.5) is 44.2 Å². The van der Waals surface area contributed by atoms with Gasteiger partial charge in [-0.2, -0.15) is 4.39 Å². The minimum Gasteiger partial charge on any atom is -0.504 e. The number of hydrogen-bond donors (Lipinski definition) is 4. The number of hydrogen-bond acceptors (Lipinski definition) is 25. The van der Waals surface area contributed by atoms with Gasteiger partial charge in [0.25, 0.3) is 0 Å². The lowest BCUT2D eigenvalue weighted by molar-refractivity contribution is 0.353. The molecule has 0 amide bonds. The van der Waals surface area contributed by atoms with Gasteiger partial charge in [0.05, 0.1) is 83.7 Å². The molecule has 0 atom stereocenters. The van der Waals surface area contributed by atoms with Crippen LogP contribution in [0.3, 0.4) is 0 Å². The first-order valence-corrected chi connectivity index (χ1v) is 45.7. The highest BCUT2D eigenvalue weighted by Crippen LogP contribution is 2.44. The quantitative estimate of drug-likeness (QED) is 0.0653. The van der Waals surface area contributed by atoms with Crippen molar-refractivity contribution < 1.29 is 67.9 Å². The standard InChI is InChI=1S/C23H25NO4.C22H23NO4.C21H20FNO4.C21H21NO4.C20H20ClN3O2/c1-15-20(25)18-11-12-19(26-2)23(27-3)22(18)28-21(15)16-7-9-17(10-8-16)24-13-5-4-6-14-24;1-25-19-11-10-17-18(24)14-20(27-21(17)22(19)26-2)15-6-8-16(9-7-15)23-12-4-3-5-13-23;1-26-21-16(24)10-9-15-18(25)17(22)19(27-20(15)21)13-5-7-14(8-6-13)23-11-3-2-4-12-23;1-25-18-10-9-16-17(23)13-19(26-21(16)20(18)24)14-5-7-15(8-6-14)22-11-3-2-4-12-22;21-16-18(25)14-8-9-15(22)17(23)20(14)26-19(16)12-4-6-13(7-5-12)24-10-2-1-3-11-24/h7-12H,4-6,13-14H2,1-3H3;6-11,14H,3-5,12-13H2,1-2H3;5-10,24H,2-4,11-12H2,1H3;5-10,13,24H,2-4,11-12H2,1H3;4-9H,1-3,10-11,22-23H2/i;14D;;13D;. The third-order valence-corrected chi connectivity index (χ3v) is 25.6. The second-order valence-corrected chi connectivity index (χ2v) is 33.9. The predicted molar refractivity (Wildman–Crippen MR) is 531 cm³/mol. The van der Waals surface area contributed by atoms with Gasteiger partial charge in [-0.15, -0.1) is 0 Å². The SMILES string of the molecule is COc1c(O)ccc2c(=O)c(F)c(-c3ccc(N4CCCCC4)cc3)oc12.COc1ccc2c(=O)c(C)c(-c3ccc(N4CCCCC4)cc3)oc2c1OC.Nc1ccc2c(=O)c(Cl)c(-c3ccc(N4CCCCC4)cc3)oc2c1N.[2H]c1c(-c2ccc(N3CCCCC3)cc2)oc2c(O)c(OC)ccc2c1=O.[2H]c1c(-c2ccc(N3CCCCC3)cc2)oc2c(OC)c(OC)ccc2c1=O. The molecule has 0 saturated carbocycles. The fourth-order valence-corrected chi connectivity index (χ4v) is 18.1. The van der Waals surface area contributed by atoms with Crippen molar-refractivity contribution in [2.75, 3.05) is 144 Å². The highest BCUT2D eigenvalue weighted by molar-refractivity contribution is 6.33. The molecule has 0 bridgehead atoms. The maximum atomic E-state index is 14.7. The van der Waals surface area contributed by atoms with Crippen LogP contribution in [0.5, 0.6) is 46.0 Å². The molecule has 27 heteroatoms. The Morgan fingerprint density at radius 2 is 0.649 bits per heavy atom. The number of anilines is 7. The van der Waals surface area contributed by atoms with E-state index in [1.54, 1.807) is 69.7 Å². The van der Waals surface area contributed by atoms with Crippen molar-refractivity contribution in [2.45, 2.75) is 103 Å². The van der Waals surface area contributed by atoms with E-state index in [0.29, 0.717) is 84.2 Å². The van der Waals surface area contributed by atoms with Gasteiger partial charge in [0.2, 0.25) is 39.7 Å². The molecule has 5 saturated heterocycles. The molecule has 5 aliphatic rings. The minimum atomic E-state index is -0.957. The third kappa shape index (κ3) is 19.7. The summed E-state index contributed by atoms with van der Waals surface area (Å²) >= 11 is 6.30. The fourth-order valence-electron chi connectivity index (χ4n) is 17.9. The molecule has 10 aromatic carbocycles. The molecule has 5 aliphatic heterocycles. The first kappa shape index (κ1) is 90.0. The van der Waals surface area contributed by atoms with E-state index in [4.69, 9.17) is 76.3 Å². The van der Waals surface area contributed by atoms with Crippen LogP contribution in [-0.2, 0) is 0 Å². The van der Waals surface area contributed by atoms with Crippen molar-refractivity contribution in [1.29, 1.82) is 0 Å². The molecule has 5 fully saturated rings. The molecule has 5 aromatic heterocycles. The number of phenolic OH excluding ortho intramolecular Hbond substituents is 2. The van der Waals surface area contributed by atoms with Crippen molar-refractivity contribution >= 4 is 106 Å². The smallest absolute Gasteiger partial charge is 0.229 e. The van der Waals surface area contributed by atoms with Crippen LogP contribution in [0.1, 0.15) is 105 Å². The van der Waals surface area contributed by atoms with Crippen LogP contribution in [0, 0.1) is 12.7 Å². The highest BCUT2D eigenvalue weighted by Gasteiger charge is 2.27. The van der Waals surface area contributed by atoms with Gasteiger partial charge in [-0.05, 0) is 285 Å². The van der Waals surface area contributed by atoms with Crippen molar-refractivity contribution in [3.05, 3.63) is 262 Å². The van der Waals surface area contributed by atoms with Crippen LogP contribution in [0.25, 0.3) is 111 Å². The molecule has 0 aliphatic carbocycles. The first-order valence-electron chi connectivity index (χ1n) is 46.3. The average molecular weight is 1840 g/mol. The Hall–Kier alpha value is -14.5. The molecule has 0 spiro atoms. The number of nitrogens with zero attached hydrogens (tertiary/aromatic N) is 5. The number of ether oxygens (including phenoxy) is 6. The van der Waals surface area contributed by atoms with Gasteiger partial charge < -0.3 is 96.7 Å². The van der Waals surface area contributed by atoms with E-state index in [1.807, 2.05) is 97.1 Å². The number of nitrogens with two attached hydrogens (primary N) is 2. The Labute approximate surface area is 781 Å². The van der Waals surface area contributed by atoms with Gasteiger partial charge in [0, 0.05) is 139 Å². The van der Waals surface area contributed by atoms with Gasteiger partial charge in [0.1, 0.15) is 22.3 Å². The Bertz CT molecular complexity index is 7020. The van der Waals surface area contributed by atoms with Crippen molar-refractivity contribution in [3.63, 3.8) is 0 Å². The van der Waals surface area contributed by atoms with Crippen LogP contribution in [-0.4, -0.2) is 118 Å². The zero-order chi connectivity index (χ0) is 95.5. The number of halogens is 2. The summed E-state index contributed by atoms with van der Waals surface area (Å²) in [6.07, 6.45) is 18.4. The van der Waals surface area contributed by atoms with E-state index in [-0.39, 0.29) is 107 Å². The number of piperidine rings is 5. The Kier molecular flexibility index (Phi) is 28.2.